The summed E-state index contributed by atoms with van der Waals surface area (Å²) in [6.45, 7) is 1.37. The molecule has 1 aliphatic carbocycles. The number of aromatic nitrogens is 3. The number of H-pyrrole nitrogens is 1. The number of likely N-dealkylation sites (tertiary alicyclic amines) is 1. The molecule has 0 unspecified atom stereocenters. The Kier molecular flexibility index (Phi) is 4.24. The van der Waals surface area contributed by atoms with Crippen LogP contribution in [-0.2, 0) is 11.3 Å². The number of nitriles is 1. The summed E-state index contributed by atoms with van der Waals surface area (Å²) in [7, 11) is 1.72. The van der Waals surface area contributed by atoms with Gasteiger partial charge in [-0.25, -0.2) is 9.37 Å². The summed E-state index contributed by atoms with van der Waals surface area (Å²) in [4.78, 5) is 6.94. The van der Waals surface area contributed by atoms with E-state index < -0.39 is 5.82 Å². The third kappa shape index (κ3) is 3.28. The first kappa shape index (κ1) is 16.2. The first-order valence-corrected chi connectivity index (χ1v) is 8.55. The van der Waals surface area contributed by atoms with Gasteiger partial charge in [0.15, 0.2) is 5.82 Å². The summed E-state index contributed by atoms with van der Waals surface area (Å²) in [5.74, 6) is 1.80. The number of hydrogen-bond donors (Lipinski definition) is 1. The van der Waals surface area contributed by atoms with Crippen molar-refractivity contribution in [2.24, 2.45) is 0 Å². The van der Waals surface area contributed by atoms with Crippen LogP contribution >= 0.6 is 0 Å². The zero-order valence-electron chi connectivity index (χ0n) is 14.1. The molecule has 7 heteroatoms. The highest BCUT2D eigenvalue weighted by Gasteiger charge is 2.36. The van der Waals surface area contributed by atoms with Crippen molar-refractivity contribution < 1.29 is 9.13 Å². The Labute approximate surface area is 145 Å². The zero-order valence-corrected chi connectivity index (χ0v) is 14.1. The number of halogens is 1. The highest BCUT2D eigenvalue weighted by atomic mass is 19.1. The lowest BCUT2D eigenvalue weighted by Crippen LogP contribution is -2.25. The number of nitrogens with one attached hydrogen (secondary N) is 1. The molecule has 2 fully saturated rings. The molecule has 1 N–H and O–H groups in total. The summed E-state index contributed by atoms with van der Waals surface area (Å²) in [6.07, 6.45) is 3.29. The van der Waals surface area contributed by atoms with Crippen LogP contribution in [0.3, 0.4) is 0 Å². The second-order valence-electron chi connectivity index (χ2n) is 6.82. The van der Waals surface area contributed by atoms with Crippen molar-refractivity contribution in [3.8, 4) is 6.07 Å². The van der Waals surface area contributed by atoms with E-state index >= 15 is 0 Å². The van der Waals surface area contributed by atoms with Crippen molar-refractivity contribution in [1.29, 1.82) is 5.26 Å². The Balaban J connectivity index is 1.56. The second-order valence-corrected chi connectivity index (χ2v) is 6.82. The maximum Gasteiger partial charge on any atom is 0.153 e. The van der Waals surface area contributed by atoms with Crippen LogP contribution in [0.5, 0.6) is 0 Å². The quantitative estimate of drug-likeness (QED) is 0.904. The van der Waals surface area contributed by atoms with Crippen molar-refractivity contribution in [2.75, 3.05) is 13.7 Å². The van der Waals surface area contributed by atoms with E-state index in [4.69, 9.17) is 10.00 Å². The number of rotatable bonds is 5. The predicted octanol–water partition coefficient (Wildman–Crippen LogP) is 2.65. The summed E-state index contributed by atoms with van der Waals surface area (Å²) in [5, 5.41) is 16.5. The molecular formula is C18H20FN5O. The molecule has 1 saturated heterocycles. The third-order valence-electron chi connectivity index (χ3n) is 5.01. The van der Waals surface area contributed by atoms with Gasteiger partial charge in [-0.15, -0.1) is 0 Å². The maximum absolute atomic E-state index is 13.5. The van der Waals surface area contributed by atoms with E-state index in [9.17, 15) is 4.39 Å². The molecule has 130 valence electrons. The fourth-order valence-electron chi connectivity index (χ4n) is 3.44. The molecule has 2 atom stereocenters. The van der Waals surface area contributed by atoms with E-state index in [0.29, 0.717) is 12.5 Å². The molecule has 0 amide bonds. The molecule has 2 aromatic rings. The van der Waals surface area contributed by atoms with Crippen LogP contribution in [0, 0.1) is 17.1 Å². The van der Waals surface area contributed by atoms with Crippen LogP contribution in [-0.4, -0.2) is 39.8 Å². The third-order valence-corrected chi connectivity index (χ3v) is 5.01. The van der Waals surface area contributed by atoms with Gasteiger partial charge in [0, 0.05) is 26.1 Å². The minimum absolute atomic E-state index is 0.0761. The monoisotopic (exact) mass is 341 g/mol. The molecule has 6 nitrogen and oxygen atoms in total. The average molecular weight is 341 g/mol. The van der Waals surface area contributed by atoms with Gasteiger partial charge in [0.05, 0.1) is 17.7 Å². The van der Waals surface area contributed by atoms with Gasteiger partial charge in [-0.3, -0.25) is 10.00 Å². The molecule has 25 heavy (non-hydrogen) atoms. The Hall–Kier alpha value is -2.30. The minimum atomic E-state index is -0.483. The number of ether oxygens (including phenoxy) is 1. The molecule has 2 heterocycles. The number of methoxy groups -OCH3 is 1. The lowest BCUT2D eigenvalue weighted by molar-refractivity contribution is 0.107. The van der Waals surface area contributed by atoms with E-state index in [2.05, 4.69) is 20.1 Å². The summed E-state index contributed by atoms with van der Waals surface area (Å²) >= 11 is 0. The van der Waals surface area contributed by atoms with Gasteiger partial charge >= 0.3 is 0 Å². The molecule has 2 aliphatic rings. The van der Waals surface area contributed by atoms with Gasteiger partial charge in [-0.1, -0.05) is 6.07 Å². The maximum atomic E-state index is 13.5. The molecular weight excluding hydrogens is 321 g/mol. The summed E-state index contributed by atoms with van der Waals surface area (Å²) < 4.78 is 19.1. The Morgan fingerprint density at radius 3 is 3.00 bits per heavy atom. The lowest BCUT2D eigenvalue weighted by Gasteiger charge is -2.22. The van der Waals surface area contributed by atoms with Crippen LogP contribution < -0.4 is 0 Å². The first-order valence-electron chi connectivity index (χ1n) is 8.55. The van der Waals surface area contributed by atoms with Gasteiger partial charge in [-0.2, -0.15) is 10.4 Å². The molecule has 0 spiro atoms. The van der Waals surface area contributed by atoms with E-state index in [1.807, 2.05) is 6.07 Å². The van der Waals surface area contributed by atoms with E-state index in [-0.39, 0.29) is 17.7 Å². The van der Waals surface area contributed by atoms with Crippen LogP contribution in [0.25, 0.3) is 0 Å². The number of nitrogens with zero attached hydrogens (tertiary/aromatic N) is 4. The standard InChI is InChI=1S/C18H20FN5O/c1-25-14-7-16(18-21-17(22-23-18)12-3-4-12)24(10-14)9-11-2-5-15(19)13(6-11)8-20/h2,5-6,12,14,16H,3-4,7,9-10H2,1H3,(H,21,22,23)/t14-,16+/m1/s1. The minimum Gasteiger partial charge on any atom is -0.380 e. The Morgan fingerprint density at radius 1 is 1.44 bits per heavy atom. The van der Waals surface area contributed by atoms with Crippen LogP contribution in [0.2, 0.25) is 0 Å². The highest BCUT2D eigenvalue weighted by molar-refractivity contribution is 5.34. The largest absolute Gasteiger partial charge is 0.380 e. The van der Waals surface area contributed by atoms with Gasteiger partial charge in [0.1, 0.15) is 17.7 Å². The van der Waals surface area contributed by atoms with Crippen LogP contribution in [0.15, 0.2) is 18.2 Å². The fourth-order valence-corrected chi connectivity index (χ4v) is 3.44. The predicted molar refractivity (Wildman–Crippen MR) is 88.0 cm³/mol. The van der Waals surface area contributed by atoms with Crippen molar-refractivity contribution >= 4 is 0 Å². The molecule has 4 rings (SSSR count). The topological polar surface area (TPSA) is 77.8 Å². The first-order chi connectivity index (χ1) is 12.2. The van der Waals surface area contributed by atoms with Gasteiger partial charge < -0.3 is 4.74 Å². The molecule has 1 aliphatic heterocycles. The highest BCUT2D eigenvalue weighted by Crippen LogP contribution is 2.39. The smallest absolute Gasteiger partial charge is 0.153 e. The van der Waals surface area contributed by atoms with Crippen molar-refractivity contribution in [2.45, 2.75) is 43.9 Å². The molecule has 1 aromatic heterocycles. The van der Waals surface area contributed by atoms with E-state index in [1.165, 1.54) is 18.9 Å². The lowest BCUT2D eigenvalue weighted by atomic mass is 10.1. The number of hydrogen-bond acceptors (Lipinski definition) is 5. The van der Waals surface area contributed by atoms with Crippen LogP contribution in [0.1, 0.15) is 54.0 Å². The van der Waals surface area contributed by atoms with Crippen molar-refractivity contribution in [3.63, 3.8) is 0 Å². The average Bonchev–Trinajstić information content (AvgIpc) is 3.22. The molecule has 0 radical (unpaired) electrons. The van der Waals surface area contributed by atoms with Gasteiger partial charge in [0.2, 0.25) is 0 Å². The van der Waals surface area contributed by atoms with Gasteiger partial charge in [-0.05, 0) is 37.0 Å². The SMILES string of the molecule is CO[C@@H]1C[C@@H](c2nc(C3CC3)n[nH]2)N(Cc2ccc(F)c(C#N)c2)C1. The normalized spacial score (nSPS) is 23.7. The fraction of sp³-hybridized carbons (Fsp3) is 0.500. The van der Waals surface area contributed by atoms with Gasteiger partial charge in [0.25, 0.3) is 0 Å². The molecule has 1 saturated carbocycles. The molecule has 0 bridgehead atoms. The van der Waals surface area contributed by atoms with Crippen molar-refractivity contribution in [1.82, 2.24) is 20.1 Å². The summed E-state index contributed by atoms with van der Waals surface area (Å²) in [6, 6.07) is 6.68. The second kappa shape index (κ2) is 6.54. The van der Waals surface area contributed by atoms with Crippen LogP contribution in [0.4, 0.5) is 4.39 Å². The summed E-state index contributed by atoms with van der Waals surface area (Å²) in [5.41, 5.74) is 0.980. The van der Waals surface area contributed by atoms with Crippen molar-refractivity contribution in [3.05, 3.63) is 46.8 Å². The van der Waals surface area contributed by atoms with E-state index in [1.54, 1.807) is 19.2 Å². The number of benzene rings is 1. The zero-order chi connectivity index (χ0) is 17.4. The number of aromatic amines is 1. The Bertz CT molecular complexity index is 810. The van der Waals surface area contributed by atoms with E-state index in [0.717, 1.165) is 30.2 Å². The Morgan fingerprint density at radius 2 is 2.28 bits per heavy atom. The molecule has 1 aromatic carbocycles.